The summed E-state index contributed by atoms with van der Waals surface area (Å²) >= 11 is 11.9. The van der Waals surface area contributed by atoms with E-state index in [1.54, 1.807) is 4.90 Å². The van der Waals surface area contributed by atoms with E-state index in [4.69, 9.17) is 29.0 Å². The first kappa shape index (κ1) is 13.7. The SMILES string of the molecule is NNc1nc(N2CCS(=O)(=O)CC2)c(Cl)cc1Cl. The number of halogens is 2. The summed E-state index contributed by atoms with van der Waals surface area (Å²) in [6, 6.07) is 1.53. The smallest absolute Gasteiger partial charge is 0.161 e. The molecule has 1 aliphatic rings. The molecule has 0 atom stereocenters. The van der Waals surface area contributed by atoms with Crippen molar-refractivity contribution in [3.8, 4) is 0 Å². The molecule has 6 nitrogen and oxygen atoms in total. The number of hydrogen-bond acceptors (Lipinski definition) is 6. The third-order valence-electron chi connectivity index (χ3n) is 2.69. The Morgan fingerprint density at radius 2 is 1.89 bits per heavy atom. The van der Waals surface area contributed by atoms with Crippen molar-refractivity contribution < 1.29 is 8.42 Å². The van der Waals surface area contributed by atoms with E-state index in [1.165, 1.54) is 6.07 Å². The van der Waals surface area contributed by atoms with Crippen LogP contribution in [-0.4, -0.2) is 38.0 Å². The molecule has 2 rings (SSSR count). The number of hydrogen-bond donors (Lipinski definition) is 2. The molecule has 0 aliphatic carbocycles. The third kappa shape index (κ3) is 2.80. The predicted octanol–water partition coefficient (Wildman–Crippen LogP) is 0.909. The lowest BCUT2D eigenvalue weighted by molar-refractivity contribution is 0.586. The van der Waals surface area contributed by atoms with Crippen LogP contribution in [0.3, 0.4) is 0 Å². The first-order valence-corrected chi connectivity index (χ1v) is 7.79. The largest absolute Gasteiger partial charge is 0.353 e. The van der Waals surface area contributed by atoms with Gasteiger partial charge in [-0.3, -0.25) is 0 Å². The van der Waals surface area contributed by atoms with Gasteiger partial charge in [-0.05, 0) is 6.07 Å². The molecule has 0 aromatic carbocycles. The van der Waals surface area contributed by atoms with Crippen molar-refractivity contribution in [3.05, 3.63) is 16.1 Å². The Morgan fingerprint density at radius 3 is 2.44 bits per heavy atom. The van der Waals surface area contributed by atoms with Gasteiger partial charge < -0.3 is 10.3 Å². The van der Waals surface area contributed by atoms with Crippen LogP contribution < -0.4 is 16.2 Å². The molecule has 0 saturated carbocycles. The van der Waals surface area contributed by atoms with Gasteiger partial charge in [0.1, 0.15) is 5.82 Å². The van der Waals surface area contributed by atoms with Gasteiger partial charge in [0.05, 0.1) is 21.6 Å². The monoisotopic (exact) mass is 310 g/mol. The summed E-state index contributed by atoms with van der Waals surface area (Å²) < 4.78 is 22.7. The van der Waals surface area contributed by atoms with E-state index in [0.717, 1.165) is 0 Å². The van der Waals surface area contributed by atoms with Crippen molar-refractivity contribution in [2.45, 2.75) is 0 Å². The van der Waals surface area contributed by atoms with E-state index in [0.29, 0.717) is 34.8 Å². The number of hydrazine groups is 1. The van der Waals surface area contributed by atoms with Crippen molar-refractivity contribution in [2.24, 2.45) is 5.84 Å². The van der Waals surface area contributed by atoms with Gasteiger partial charge in [-0.25, -0.2) is 19.2 Å². The third-order valence-corrected chi connectivity index (χ3v) is 4.87. The maximum absolute atomic E-state index is 11.4. The van der Waals surface area contributed by atoms with Gasteiger partial charge in [0.2, 0.25) is 0 Å². The minimum absolute atomic E-state index is 0.0963. The van der Waals surface area contributed by atoms with Crippen molar-refractivity contribution in [2.75, 3.05) is 34.9 Å². The van der Waals surface area contributed by atoms with Crippen LogP contribution in [0, 0.1) is 0 Å². The maximum Gasteiger partial charge on any atom is 0.161 e. The number of pyridine rings is 1. The topological polar surface area (TPSA) is 88.3 Å². The summed E-state index contributed by atoms with van der Waals surface area (Å²) in [5.74, 6) is 6.28. The van der Waals surface area contributed by atoms with Crippen LogP contribution in [0.5, 0.6) is 0 Å². The molecule has 100 valence electrons. The molecule has 0 unspecified atom stereocenters. The second-order valence-electron chi connectivity index (χ2n) is 3.91. The number of anilines is 2. The van der Waals surface area contributed by atoms with Crippen LogP contribution in [0.1, 0.15) is 0 Å². The lowest BCUT2D eigenvalue weighted by Crippen LogP contribution is -2.41. The summed E-state index contributed by atoms with van der Waals surface area (Å²) in [6.07, 6.45) is 0. The van der Waals surface area contributed by atoms with E-state index in [-0.39, 0.29) is 11.5 Å². The first-order valence-electron chi connectivity index (χ1n) is 5.21. The number of nitrogens with one attached hydrogen (secondary N) is 1. The number of nitrogens with two attached hydrogens (primary N) is 1. The van der Waals surface area contributed by atoms with Gasteiger partial charge in [0, 0.05) is 13.1 Å². The van der Waals surface area contributed by atoms with Crippen molar-refractivity contribution in [1.82, 2.24) is 4.98 Å². The minimum atomic E-state index is -2.94. The number of nitrogen functional groups attached to an aromatic ring is 1. The number of aromatic nitrogens is 1. The Labute approximate surface area is 115 Å². The predicted molar refractivity (Wildman–Crippen MR) is 72.9 cm³/mol. The first-order chi connectivity index (χ1) is 8.43. The van der Waals surface area contributed by atoms with E-state index < -0.39 is 9.84 Å². The van der Waals surface area contributed by atoms with Crippen molar-refractivity contribution >= 4 is 44.7 Å². The average Bonchev–Trinajstić information content (AvgIpc) is 2.30. The fourth-order valence-corrected chi connectivity index (χ4v) is 3.44. The maximum atomic E-state index is 11.4. The van der Waals surface area contributed by atoms with Gasteiger partial charge >= 0.3 is 0 Å². The van der Waals surface area contributed by atoms with Crippen molar-refractivity contribution in [1.29, 1.82) is 0 Å². The molecule has 18 heavy (non-hydrogen) atoms. The highest BCUT2D eigenvalue weighted by atomic mass is 35.5. The summed E-state index contributed by atoms with van der Waals surface area (Å²) in [5, 5.41) is 0.689. The highest BCUT2D eigenvalue weighted by Gasteiger charge is 2.24. The zero-order valence-corrected chi connectivity index (χ0v) is 11.7. The molecule has 1 aromatic heterocycles. The summed E-state index contributed by atoms with van der Waals surface area (Å²) in [6.45, 7) is 0.724. The molecule has 1 aromatic rings. The average molecular weight is 311 g/mol. The molecule has 2 heterocycles. The Bertz CT molecular complexity index is 550. The van der Waals surface area contributed by atoms with Gasteiger partial charge in [0.25, 0.3) is 0 Å². The van der Waals surface area contributed by atoms with Crippen LogP contribution in [-0.2, 0) is 9.84 Å². The number of nitrogens with zero attached hydrogens (tertiary/aromatic N) is 2. The summed E-state index contributed by atoms with van der Waals surface area (Å²) in [4.78, 5) is 6.00. The fourth-order valence-electron chi connectivity index (χ4n) is 1.70. The van der Waals surface area contributed by atoms with Crippen LogP contribution in [0.4, 0.5) is 11.6 Å². The van der Waals surface area contributed by atoms with E-state index >= 15 is 0 Å². The molecule has 0 bridgehead atoms. The van der Waals surface area contributed by atoms with Gasteiger partial charge in [-0.15, -0.1) is 0 Å². The Kier molecular flexibility index (Phi) is 3.86. The van der Waals surface area contributed by atoms with Crippen LogP contribution in [0.25, 0.3) is 0 Å². The molecule has 0 amide bonds. The Hall–Kier alpha value is -0.760. The van der Waals surface area contributed by atoms with E-state index in [1.807, 2.05) is 0 Å². The quantitative estimate of drug-likeness (QED) is 0.623. The van der Waals surface area contributed by atoms with Crippen LogP contribution >= 0.6 is 23.2 Å². The molecular formula is C9H12Cl2N4O2S. The lowest BCUT2D eigenvalue weighted by atomic mass is 10.4. The highest BCUT2D eigenvalue weighted by molar-refractivity contribution is 7.91. The second kappa shape index (κ2) is 5.08. The second-order valence-corrected chi connectivity index (χ2v) is 7.03. The highest BCUT2D eigenvalue weighted by Crippen LogP contribution is 2.31. The summed E-state index contributed by atoms with van der Waals surface area (Å²) in [5.41, 5.74) is 2.37. The number of sulfone groups is 1. The lowest BCUT2D eigenvalue weighted by Gasteiger charge is -2.28. The van der Waals surface area contributed by atoms with E-state index in [2.05, 4.69) is 10.4 Å². The van der Waals surface area contributed by atoms with Crippen LogP contribution in [0.15, 0.2) is 6.07 Å². The molecule has 0 spiro atoms. The fraction of sp³-hybridized carbons (Fsp3) is 0.444. The molecule has 1 saturated heterocycles. The summed E-state index contributed by atoms with van der Waals surface area (Å²) in [7, 11) is -2.94. The van der Waals surface area contributed by atoms with Gasteiger partial charge in [-0.1, -0.05) is 23.2 Å². The zero-order chi connectivity index (χ0) is 13.3. The number of rotatable bonds is 2. The molecule has 0 radical (unpaired) electrons. The van der Waals surface area contributed by atoms with Crippen molar-refractivity contribution in [3.63, 3.8) is 0 Å². The molecule has 1 fully saturated rings. The van der Waals surface area contributed by atoms with E-state index in [9.17, 15) is 8.42 Å². The van der Waals surface area contributed by atoms with Gasteiger partial charge in [0.15, 0.2) is 15.7 Å². The minimum Gasteiger partial charge on any atom is -0.353 e. The molecule has 9 heteroatoms. The zero-order valence-electron chi connectivity index (χ0n) is 9.36. The normalized spacial score (nSPS) is 18.7. The molecular weight excluding hydrogens is 299 g/mol. The standard InChI is InChI=1S/C9H12Cl2N4O2S/c10-6-5-7(11)9(13-8(6)14-12)15-1-3-18(16,17)4-2-15/h5H,1-4,12H2,(H,13,14). The van der Waals surface area contributed by atoms with Gasteiger partial charge in [-0.2, -0.15) is 0 Å². The molecule has 1 aliphatic heterocycles. The Balaban J connectivity index is 2.29. The van der Waals surface area contributed by atoms with Crippen LogP contribution in [0.2, 0.25) is 10.0 Å². The molecule has 3 N–H and O–H groups in total. The Morgan fingerprint density at radius 1 is 1.28 bits per heavy atom.